The molecule has 0 spiro atoms. The van der Waals surface area contributed by atoms with E-state index in [-0.39, 0.29) is 4.90 Å². The number of nitrogens with zero attached hydrogens (tertiary/aromatic N) is 2. The zero-order valence-corrected chi connectivity index (χ0v) is 14.0. The van der Waals surface area contributed by atoms with E-state index in [4.69, 9.17) is 4.74 Å². The smallest absolute Gasteiger partial charge is 0.243 e. The second-order valence-corrected chi connectivity index (χ2v) is 8.46. The molecule has 118 valence electrons. The molecule has 0 radical (unpaired) electrons. The highest BCUT2D eigenvalue weighted by Crippen LogP contribution is 2.31. The molecule has 1 saturated heterocycles. The average Bonchev–Trinajstić information content (AvgIpc) is 2.35. The zero-order chi connectivity index (χ0) is 15.9. The molecule has 0 saturated carbocycles. The first-order chi connectivity index (χ1) is 9.56. The fourth-order valence-electron chi connectivity index (χ4n) is 2.75. The van der Waals surface area contributed by atoms with Crippen molar-refractivity contribution in [1.29, 1.82) is 0 Å². The second kappa shape index (κ2) is 5.23. The van der Waals surface area contributed by atoms with Crippen molar-refractivity contribution in [2.24, 2.45) is 0 Å². The number of hydrogen-bond acceptors (Lipinski definition) is 5. The molecule has 0 atom stereocenters. The third-order valence-electron chi connectivity index (χ3n) is 3.29. The second-order valence-electron chi connectivity index (χ2n) is 6.52. The van der Waals surface area contributed by atoms with Gasteiger partial charge < -0.3 is 10.1 Å². The van der Waals surface area contributed by atoms with Crippen LogP contribution in [-0.4, -0.2) is 49.0 Å². The molecule has 1 aromatic heterocycles. The van der Waals surface area contributed by atoms with E-state index in [1.165, 1.54) is 16.6 Å². The number of rotatable bonds is 3. The van der Waals surface area contributed by atoms with E-state index >= 15 is 0 Å². The van der Waals surface area contributed by atoms with Crippen molar-refractivity contribution >= 4 is 15.8 Å². The predicted octanol–water partition coefficient (Wildman–Crippen LogP) is 1.70. The third kappa shape index (κ3) is 3.53. The molecule has 7 heteroatoms. The summed E-state index contributed by atoms with van der Waals surface area (Å²) < 4.78 is 33.1. The molecule has 0 unspecified atom stereocenters. The van der Waals surface area contributed by atoms with Crippen molar-refractivity contribution in [3.63, 3.8) is 0 Å². The number of ether oxygens (including phenoxy) is 1. The molecular weight excluding hydrogens is 290 g/mol. The number of sulfonamides is 1. The Morgan fingerprint density at radius 2 is 1.81 bits per heavy atom. The largest absolute Gasteiger partial charge is 0.373 e. The zero-order valence-electron chi connectivity index (χ0n) is 13.2. The van der Waals surface area contributed by atoms with Crippen LogP contribution < -0.4 is 5.32 Å². The van der Waals surface area contributed by atoms with Crippen LogP contribution in [0, 0.1) is 0 Å². The number of pyridine rings is 1. The van der Waals surface area contributed by atoms with Crippen molar-refractivity contribution in [2.75, 3.05) is 25.5 Å². The van der Waals surface area contributed by atoms with Gasteiger partial charge in [0.2, 0.25) is 10.0 Å². The standard InChI is InChI=1S/C14H23N3O3S/c1-13(2)9-17(10-14(3,4)20-13)21(18,19)11-6-7-16-12(8-11)15-5/h6-8H,9-10H2,1-5H3,(H,15,16). The lowest BCUT2D eigenvalue weighted by atomic mass is 10.0. The van der Waals surface area contributed by atoms with Crippen molar-refractivity contribution < 1.29 is 13.2 Å². The fourth-order valence-corrected chi connectivity index (χ4v) is 4.50. The molecule has 1 aliphatic rings. The Balaban J connectivity index is 2.38. The summed E-state index contributed by atoms with van der Waals surface area (Å²) in [7, 11) is -1.86. The monoisotopic (exact) mass is 313 g/mol. The molecule has 1 aromatic rings. The molecule has 2 rings (SSSR count). The van der Waals surface area contributed by atoms with Gasteiger partial charge in [0.15, 0.2) is 0 Å². The number of hydrogen-bond donors (Lipinski definition) is 1. The van der Waals surface area contributed by atoms with Gasteiger partial charge >= 0.3 is 0 Å². The highest BCUT2D eigenvalue weighted by Gasteiger charge is 2.43. The van der Waals surface area contributed by atoms with Crippen LogP contribution >= 0.6 is 0 Å². The van der Waals surface area contributed by atoms with Crippen LogP contribution in [0.5, 0.6) is 0 Å². The van der Waals surface area contributed by atoms with Gasteiger partial charge in [-0.05, 0) is 33.8 Å². The maximum atomic E-state index is 12.8. The summed E-state index contributed by atoms with van der Waals surface area (Å²) in [6, 6.07) is 3.07. The highest BCUT2D eigenvalue weighted by molar-refractivity contribution is 7.89. The molecule has 1 aliphatic heterocycles. The number of aromatic nitrogens is 1. The van der Waals surface area contributed by atoms with Crippen molar-refractivity contribution in [3.8, 4) is 0 Å². The van der Waals surface area contributed by atoms with E-state index < -0.39 is 21.2 Å². The summed E-state index contributed by atoms with van der Waals surface area (Å²) in [5.41, 5.74) is -1.04. The Hall–Kier alpha value is -1.18. The van der Waals surface area contributed by atoms with E-state index in [2.05, 4.69) is 10.3 Å². The van der Waals surface area contributed by atoms with E-state index in [1.54, 1.807) is 13.1 Å². The van der Waals surface area contributed by atoms with Gasteiger partial charge in [-0.2, -0.15) is 4.31 Å². The van der Waals surface area contributed by atoms with Crippen LogP contribution in [0.3, 0.4) is 0 Å². The van der Waals surface area contributed by atoms with E-state index in [1.807, 2.05) is 27.7 Å². The minimum atomic E-state index is -3.56. The van der Waals surface area contributed by atoms with Gasteiger partial charge in [-0.1, -0.05) is 0 Å². The summed E-state index contributed by atoms with van der Waals surface area (Å²) in [6.45, 7) is 8.28. The molecule has 21 heavy (non-hydrogen) atoms. The Bertz CT molecular complexity index is 610. The summed E-state index contributed by atoms with van der Waals surface area (Å²) >= 11 is 0. The maximum absolute atomic E-state index is 12.8. The third-order valence-corrected chi connectivity index (χ3v) is 5.08. The van der Waals surface area contributed by atoms with Gasteiger partial charge in [-0.3, -0.25) is 0 Å². The van der Waals surface area contributed by atoms with Crippen LogP contribution in [0.25, 0.3) is 0 Å². The van der Waals surface area contributed by atoms with E-state index in [9.17, 15) is 8.42 Å². The Morgan fingerprint density at radius 3 is 2.33 bits per heavy atom. The number of nitrogens with one attached hydrogen (secondary N) is 1. The first kappa shape index (κ1) is 16.2. The van der Waals surface area contributed by atoms with Gasteiger partial charge in [0.05, 0.1) is 16.1 Å². The minimum absolute atomic E-state index is 0.246. The van der Waals surface area contributed by atoms with Gasteiger partial charge in [0, 0.05) is 32.4 Å². The summed E-state index contributed by atoms with van der Waals surface area (Å²) in [5, 5.41) is 2.86. The van der Waals surface area contributed by atoms with Gasteiger partial charge in [0.25, 0.3) is 0 Å². The lowest BCUT2D eigenvalue weighted by molar-refractivity contribution is -0.163. The molecule has 0 aliphatic carbocycles. The van der Waals surface area contributed by atoms with E-state index in [0.717, 1.165) is 0 Å². The highest BCUT2D eigenvalue weighted by atomic mass is 32.2. The predicted molar refractivity (Wildman–Crippen MR) is 81.8 cm³/mol. The molecule has 1 N–H and O–H groups in total. The van der Waals surface area contributed by atoms with Gasteiger partial charge in [-0.25, -0.2) is 13.4 Å². The van der Waals surface area contributed by atoms with Crippen LogP contribution in [0.15, 0.2) is 23.2 Å². The summed E-state index contributed by atoms with van der Waals surface area (Å²) in [4.78, 5) is 4.30. The maximum Gasteiger partial charge on any atom is 0.243 e. The van der Waals surface area contributed by atoms with Gasteiger partial charge in [-0.15, -0.1) is 0 Å². The van der Waals surface area contributed by atoms with Crippen LogP contribution in [0.2, 0.25) is 0 Å². The lowest BCUT2D eigenvalue weighted by Gasteiger charge is -2.46. The van der Waals surface area contributed by atoms with Crippen molar-refractivity contribution in [2.45, 2.75) is 43.8 Å². The molecule has 0 aromatic carbocycles. The molecule has 2 heterocycles. The molecule has 1 fully saturated rings. The van der Waals surface area contributed by atoms with Crippen molar-refractivity contribution in [3.05, 3.63) is 18.3 Å². The van der Waals surface area contributed by atoms with E-state index in [0.29, 0.717) is 18.9 Å². The first-order valence-electron chi connectivity index (χ1n) is 6.90. The number of morpholine rings is 1. The molecule has 0 bridgehead atoms. The molecule has 0 amide bonds. The minimum Gasteiger partial charge on any atom is -0.373 e. The Morgan fingerprint density at radius 1 is 1.24 bits per heavy atom. The number of anilines is 1. The topological polar surface area (TPSA) is 71.5 Å². The Kier molecular flexibility index (Phi) is 4.03. The van der Waals surface area contributed by atoms with Gasteiger partial charge in [0.1, 0.15) is 5.82 Å². The van der Waals surface area contributed by atoms with Crippen LogP contribution in [-0.2, 0) is 14.8 Å². The SMILES string of the molecule is CNc1cc(S(=O)(=O)N2CC(C)(C)OC(C)(C)C2)ccn1. The molecule has 6 nitrogen and oxygen atoms in total. The first-order valence-corrected chi connectivity index (χ1v) is 8.34. The average molecular weight is 313 g/mol. The summed E-state index contributed by atoms with van der Waals surface area (Å²) in [6.07, 6.45) is 1.50. The van der Waals surface area contributed by atoms with Crippen molar-refractivity contribution in [1.82, 2.24) is 9.29 Å². The quantitative estimate of drug-likeness (QED) is 0.919. The normalized spacial score (nSPS) is 22.0. The fraction of sp³-hybridized carbons (Fsp3) is 0.643. The molecular formula is C14H23N3O3S. The van der Waals surface area contributed by atoms with Crippen LogP contribution in [0.4, 0.5) is 5.82 Å². The summed E-state index contributed by atoms with van der Waals surface area (Å²) in [5.74, 6) is 0.530. The lowest BCUT2D eigenvalue weighted by Crippen LogP contribution is -2.58. The van der Waals surface area contributed by atoms with Crippen LogP contribution in [0.1, 0.15) is 27.7 Å². The Labute approximate surface area is 126 Å².